The normalized spacial score (nSPS) is 19.3. The van der Waals surface area contributed by atoms with Crippen LogP contribution in [-0.2, 0) is 0 Å². The van der Waals surface area contributed by atoms with Crippen molar-refractivity contribution < 1.29 is 4.79 Å². The number of hydrogen-bond acceptors (Lipinski definition) is 3. The molecule has 1 heterocycles. The lowest BCUT2D eigenvalue weighted by molar-refractivity contribution is 0.0929. The predicted octanol–water partition coefficient (Wildman–Crippen LogP) is 2.64. The fourth-order valence-electron chi connectivity index (χ4n) is 2.90. The lowest BCUT2D eigenvalue weighted by atomic mass is 10.0. The highest BCUT2D eigenvalue weighted by molar-refractivity contribution is 5.99. The third kappa shape index (κ3) is 4.21. The Morgan fingerprint density at radius 1 is 1.38 bits per heavy atom. The van der Waals surface area contributed by atoms with E-state index in [-0.39, 0.29) is 5.91 Å². The van der Waals surface area contributed by atoms with Crippen molar-refractivity contribution in [3.05, 3.63) is 29.3 Å². The molecule has 0 aromatic heterocycles. The monoisotopic (exact) mass is 289 g/mol. The van der Waals surface area contributed by atoms with Crippen molar-refractivity contribution in [2.75, 3.05) is 32.0 Å². The molecular weight excluding hydrogens is 262 g/mol. The second-order valence-corrected chi connectivity index (χ2v) is 5.92. The van der Waals surface area contributed by atoms with E-state index in [0.717, 1.165) is 36.4 Å². The molecule has 1 atom stereocenters. The minimum absolute atomic E-state index is 0.0184. The molecule has 2 N–H and O–H groups in total. The molecule has 1 aliphatic heterocycles. The maximum Gasteiger partial charge on any atom is 0.253 e. The summed E-state index contributed by atoms with van der Waals surface area (Å²) in [6.07, 6.45) is 3.70. The SMILES string of the molecule is CCNc1cc(C)ccc1C(=O)NCC1CCCCN1C. The summed E-state index contributed by atoms with van der Waals surface area (Å²) in [7, 11) is 2.14. The van der Waals surface area contributed by atoms with Crippen molar-refractivity contribution in [2.24, 2.45) is 0 Å². The summed E-state index contributed by atoms with van der Waals surface area (Å²) in [5, 5.41) is 6.37. The number of aryl methyl sites for hydroxylation is 1. The fraction of sp³-hybridized carbons (Fsp3) is 0.588. The number of likely N-dealkylation sites (N-methyl/N-ethyl adjacent to an activating group) is 1. The van der Waals surface area contributed by atoms with E-state index in [1.165, 1.54) is 19.3 Å². The highest BCUT2D eigenvalue weighted by Crippen LogP contribution is 2.18. The van der Waals surface area contributed by atoms with Gasteiger partial charge in [-0.05, 0) is 58.0 Å². The number of carbonyl (C=O) groups excluding carboxylic acids is 1. The van der Waals surface area contributed by atoms with Gasteiger partial charge < -0.3 is 15.5 Å². The van der Waals surface area contributed by atoms with E-state index in [9.17, 15) is 4.79 Å². The van der Waals surface area contributed by atoms with Crippen LogP contribution in [0.4, 0.5) is 5.69 Å². The van der Waals surface area contributed by atoms with Gasteiger partial charge in [-0.1, -0.05) is 12.5 Å². The van der Waals surface area contributed by atoms with Crippen molar-refractivity contribution in [1.29, 1.82) is 0 Å². The van der Waals surface area contributed by atoms with Crippen molar-refractivity contribution >= 4 is 11.6 Å². The molecule has 0 saturated carbocycles. The van der Waals surface area contributed by atoms with Gasteiger partial charge in [-0.15, -0.1) is 0 Å². The first-order valence-electron chi connectivity index (χ1n) is 7.94. The Morgan fingerprint density at radius 3 is 2.90 bits per heavy atom. The van der Waals surface area contributed by atoms with Crippen LogP contribution < -0.4 is 10.6 Å². The minimum atomic E-state index is 0.0184. The molecule has 4 nitrogen and oxygen atoms in total. The summed E-state index contributed by atoms with van der Waals surface area (Å²) >= 11 is 0. The Kier molecular flexibility index (Phi) is 5.62. The van der Waals surface area contributed by atoms with Crippen LogP contribution in [0.15, 0.2) is 18.2 Å². The summed E-state index contributed by atoms with van der Waals surface area (Å²) in [4.78, 5) is 14.8. The summed E-state index contributed by atoms with van der Waals surface area (Å²) in [5.41, 5.74) is 2.82. The molecule has 1 saturated heterocycles. The smallest absolute Gasteiger partial charge is 0.253 e. The zero-order valence-corrected chi connectivity index (χ0v) is 13.4. The van der Waals surface area contributed by atoms with E-state index in [2.05, 4.69) is 22.6 Å². The number of hydrogen-bond donors (Lipinski definition) is 2. The van der Waals surface area contributed by atoms with Crippen LogP contribution in [0.2, 0.25) is 0 Å². The molecule has 2 rings (SSSR count). The minimum Gasteiger partial charge on any atom is -0.385 e. The van der Waals surface area contributed by atoms with Crippen LogP contribution in [0.5, 0.6) is 0 Å². The summed E-state index contributed by atoms with van der Waals surface area (Å²) < 4.78 is 0. The van der Waals surface area contributed by atoms with Crippen molar-refractivity contribution in [3.63, 3.8) is 0 Å². The van der Waals surface area contributed by atoms with Crippen LogP contribution in [-0.4, -0.2) is 43.5 Å². The van der Waals surface area contributed by atoms with Gasteiger partial charge in [0, 0.05) is 24.8 Å². The number of likely N-dealkylation sites (tertiary alicyclic amines) is 1. The summed E-state index contributed by atoms with van der Waals surface area (Å²) in [6, 6.07) is 6.40. The van der Waals surface area contributed by atoms with Gasteiger partial charge in [0.1, 0.15) is 0 Å². The van der Waals surface area contributed by atoms with E-state index in [4.69, 9.17) is 0 Å². The fourth-order valence-corrected chi connectivity index (χ4v) is 2.90. The molecule has 4 heteroatoms. The van der Waals surface area contributed by atoms with Gasteiger partial charge >= 0.3 is 0 Å². The van der Waals surface area contributed by atoms with Gasteiger partial charge in [0.25, 0.3) is 5.91 Å². The predicted molar refractivity (Wildman–Crippen MR) is 87.9 cm³/mol. The second-order valence-electron chi connectivity index (χ2n) is 5.92. The molecule has 1 unspecified atom stereocenters. The highest BCUT2D eigenvalue weighted by Gasteiger charge is 2.20. The van der Waals surface area contributed by atoms with E-state index in [1.54, 1.807) is 0 Å². The van der Waals surface area contributed by atoms with Crippen LogP contribution in [0.1, 0.15) is 42.1 Å². The molecule has 1 aromatic rings. The van der Waals surface area contributed by atoms with Crippen molar-refractivity contribution in [3.8, 4) is 0 Å². The van der Waals surface area contributed by atoms with E-state index in [0.29, 0.717) is 6.04 Å². The molecule has 0 aliphatic carbocycles. The number of carbonyl (C=O) groups is 1. The number of benzene rings is 1. The Balaban J connectivity index is 1.99. The average molecular weight is 289 g/mol. The van der Waals surface area contributed by atoms with Gasteiger partial charge in [0.05, 0.1) is 5.56 Å². The highest BCUT2D eigenvalue weighted by atomic mass is 16.1. The Labute approximate surface area is 127 Å². The lowest BCUT2D eigenvalue weighted by Crippen LogP contribution is -2.44. The van der Waals surface area contributed by atoms with Gasteiger partial charge in [-0.2, -0.15) is 0 Å². The average Bonchev–Trinajstić information content (AvgIpc) is 2.46. The summed E-state index contributed by atoms with van der Waals surface area (Å²) in [5.74, 6) is 0.0184. The largest absolute Gasteiger partial charge is 0.385 e. The molecule has 116 valence electrons. The number of piperidine rings is 1. The summed E-state index contributed by atoms with van der Waals surface area (Å²) in [6.45, 7) is 6.76. The topological polar surface area (TPSA) is 44.4 Å². The molecule has 0 spiro atoms. The molecule has 0 bridgehead atoms. The lowest BCUT2D eigenvalue weighted by Gasteiger charge is -2.32. The first kappa shape index (κ1) is 15.8. The molecule has 21 heavy (non-hydrogen) atoms. The van der Waals surface area contributed by atoms with Gasteiger partial charge in [0.2, 0.25) is 0 Å². The van der Waals surface area contributed by atoms with E-state index in [1.807, 2.05) is 32.0 Å². The second kappa shape index (κ2) is 7.46. The Morgan fingerprint density at radius 2 is 2.19 bits per heavy atom. The number of nitrogens with one attached hydrogen (secondary N) is 2. The number of rotatable bonds is 5. The molecule has 1 fully saturated rings. The first-order chi connectivity index (χ1) is 10.1. The van der Waals surface area contributed by atoms with Crippen molar-refractivity contribution in [2.45, 2.75) is 39.2 Å². The molecule has 1 amide bonds. The Hall–Kier alpha value is -1.55. The van der Waals surface area contributed by atoms with Gasteiger partial charge in [-0.3, -0.25) is 4.79 Å². The van der Waals surface area contributed by atoms with E-state index < -0.39 is 0 Å². The maximum absolute atomic E-state index is 12.4. The van der Waals surface area contributed by atoms with E-state index >= 15 is 0 Å². The van der Waals surface area contributed by atoms with Gasteiger partial charge in [-0.25, -0.2) is 0 Å². The van der Waals surface area contributed by atoms with Gasteiger partial charge in [0.15, 0.2) is 0 Å². The quantitative estimate of drug-likeness (QED) is 0.876. The van der Waals surface area contributed by atoms with Crippen LogP contribution in [0.3, 0.4) is 0 Å². The molecule has 1 aromatic carbocycles. The van der Waals surface area contributed by atoms with Crippen LogP contribution in [0, 0.1) is 6.92 Å². The molecule has 1 aliphatic rings. The van der Waals surface area contributed by atoms with Crippen LogP contribution >= 0.6 is 0 Å². The standard InChI is InChI=1S/C17H27N3O/c1-4-18-16-11-13(2)8-9-15(16)17(21)19-12-14-7-5-6-10-20(14)3/h8-9,11,14,18H,4-7,10,12H2,1-3H3,(H,19,21). The molecular formula is C17H27N3O. The van der Waals surface area contributed by atoms with Crippen LogP contribution in [0.25, 0.3) is 0 Å². The molecule has 0 radical (unpaired) electrons. The van der Waals surface area contributed by atoms with Crippen molar-refractivity contribution in [1.82, 2.24) is 10.2 Å². The zero-order valence-electron chi connectivity index (χ0n) is 13.4. The third-order valence-corrected chi connectivity index (χ3v) is 4.21. The maximum atomic E-state index is 12.4. The Bertz CT molecular complexity index is 487. The number of nitrogens with zero attached hydrogens (tertiary/aromatic N) is 1. The number of amides is 1. The zero-order chi connectivity index (χ0) is 15.2. The first-order valence-corrected chi connectivity index (χ1v) is 7.94. The third-order valence-electron chi connectivity index (χ3n) is 4.21. The number of anilines is 1.